The molecule has 12 nitrogen and oxygen atoms in total. The summed E-state index contributed by atoms with van der Waals surface area (Å²) in [5.41, 5.74) is 5.28. The van der Waals surface area contributed by atoms with Gasteiger partial charge in [0.15, 0.2) is 23.1 Å². The second kappa shape index (κ2) is 18.6. The third-order valence-electron chi connectivity index (χ3n) is 15.7. The number of ether oxygens (including phenoxy) is 2. The number of ketones is 2. The first-order chi connectivity index (χ1) is 28.4. The van der Waals surface area contributed by atoms with Gasteiger partial charge in [0.1, 0.15) is 0 Å². The lowest BCUT2D eigenvalue weighted by Gasteiger charge is -2.46. The van der Waals surface area contributed by atoms with Gasteiger partial charge in [-0.2, -0.15) is 0 Å². The summed E-state index contributed by atoms with van der Waals surface area (Å²) in [6.45, 7) is 11.2. The number of likely N-dealkylation sites (N-methyl/N-ethyl adjacent to an activating group) is 1. The molecular weight excluding hydrogens is 743 g/mol. The number of carbonyl (C=O) groups is 3. The maximum absolute atomic E-state index is 15.2. The molecule has 328 valence electrons. The number of nitrogens with zero attached hydrogens (tertiary/aromatic N) is 1. The van der Waals surface area contributed by atoms with Gasteiger partial charge in [-0.1, -0.05) is 69.9 Å². The number of hydrogen-bond donors (Lipinski definition) is 6. The summed E-state index contributed by atoms with van der Waals surface area (Å²) in [7, 11) is 3.66. The Hall–Kier alpha value is -2.90. The molecule has 0 aromatic heterocycles. The zero-order chi connectivity index (χ0) is 42.0. The fraction of sp³-hybridized carbons (Fsp3) is 0.787. The Bertz CT molecular complexity index is 1670. The van der Waals surface area contributed by atoms with E-state index in [2.05, 4.69) is 83.6 Å². The summed E-state index contributed by atoms with van der Waals surface area (Å²) in [6, 6.07) is 0.0673. The summed E-state index contributed by atoms with van der Waals surface area (Å²) in [4.78, 5) is 49.4. The van der Waals surface area contributed by atoms with Gasteiger partial charge in [-0.25, -0.2) is 4.79 Å². The first kappa shape index (κ1) is 44.2. The normalized spacial score (nSPS) is 37.3. The van der Waals surface area contributed by atoms with Crippen LogP contribution in [0.3, 0.4) is 0 Å². The molecule has 12 heteroatoms. The number of aliphatic imine (C=N–C) groups is 1. The Kier molecular flexibility index (Phi) is 13.9. The van der Waals surface area contributed by atoms with Crippen LogP contribution >= 0.6 is 0 Å². The van der Waals surface area contributed by atoms with Gasteiger partial charge in [0.05, 0.1) is 12.8 Å². The van der Waals surface area contributed by atoms with E-state index in [1.54, 1.807) is 7.05 Å². The van der Waals surface area contributed by atoms with E-state index in [1.807, 2.05) is 7.05 Å². The third kappa shape index (κ3) is 8.39. The number of nitrogens with two attached hydrogens (primary N) is 1. The fourth-order valence-corrected chi connectivity index (χ4v) is 12.7. The number of allylic oxidation sites excluding steroid dienone is 3. The number of epoxide rings is 1. The topological polar surface area (TPSA) is 171 Å². The van der Waals surface area contributed by atoms with Crippen LogP contribution in [0.15, 0.2) is 40.4 Å². The minimum Gasteiger partial charge on any atom is -0.463 e. The van der Waals surface area contributed by atoms with E-state index in [0.29, 0.717) is 36.8 Å². The Morgan fingerprint density at radius 1 is 1.08 bits per heavy atom. The van der Waals surface area contributed by atoms with Crippen LogP contribution in [0.1, 0.15) is 118 Å². The van der Waals surface area contributed by atoms with Crippen molar-refractivity contribution in [2.75, 3.05) is 40.5 Å². The van der Waals surface area contributed by atoms with Crippen molar-refractivity contribution in [3.8, 4) is 0 Å². The summed E-state index contributed by atoms with van der Waals surface area (Å²) < 4.78 is 12.9. The number of piperidine rings is 1. The number of carbonyl (C=O) groups excluding carboxylic acids is 3. The molecule has 2 heterocycles. The van der Waals surface area contributed by atoms with Gasteiger partial charge in [-0.05, 0) is 121 Å². The minimum absolute atomic E-state index is 0.0101. The molecule has 0 spiro atoms. The highest BCUT2D eigenvalue weighted by Gasteiger charge is 2.87. The molecule has 0 aromatic rings. The maximum atomic E-state index is 15.2. The van der Waals surface area contributed by atoms with Crippen LogP contribution in [0.5, 0.6) is 0 Å². The van der Waals surface area contributed by atoms with E-state index in [4.69, 9.17) is 15.2 Å². The lowest BCUT2D eigenvalue weighted by atomic mass is 9.56. The van der Waals surface area contributed by atoms with Gasteiger partial charge in [0.2, 0.25) is 0 Å². The third-order valence-corrected chi connectivity index (χ3v) is 15.7. The number of Topliss-reactive ketones (excluding diaryl/α,β-unsaturated/α-hetero) is 2. The number of nitrogens with one attached hydrogen (secondary N) is 5. The van der Waals surface area contributed by atoms with Crippen LogP contribution in [-0.2, 0) is 23.9 Å². The Morgan fingerprint density at radius 3 is 2.61 bits per heavy atom. The van der Waals surface area contributed by atoms with E-state index >= 15 is 9.59 Å². The van der Waals surface area contributed by atoms with E-state index < -0.39 is 29.0 Å². The first-order valence-electron chi connectivity index (χ1n) is 23.3. The fourth-order valence-electron chi connectivity index (χ4n) is 12.7. The molecule has 5 fully saturated rings. The lowest BCUT2D eigenvalue weighted by molar-refractivity contribution is -0.161. The molecule has 3 saturated carbocycles. The van der Waals surface area contributed by atoms with Crippen molar-refractivity contribution in [1.82, 2.24) is 26.6 Å². The van der Waals surface area contributed by atoms with Crippen LogP contribution in [0.2, 0.25) is 0 Å². The average Bonchev–Trinajstić information content (AvgIpc) is 3.71. The molecule has 2 saturated heterocycles. The molecule has 0 bridgehead atoms. The van der Waals surface area contributed by atoms with Crippen molar-refractivity contribution < 1.29 is 23.9 Å². The van der Waals surface area contributed by atoms with Gasteiger partial charge in [0, 0.05) is 55.4 Å². The SMILES string of the molecule is CCNC1C=C2C=CCCC2CC1COC(=O)C12OC1(CC=C(C)C1(C(NC(N)=NC)C3CCNC(NCNC)C3)CCCC1)C(=O)C1CCCC(CC(C)C)C1C2=O. The number of hydrogen-bond acceptors (Lipinski definition) is 10. The van der Waals surface area contributed by atoms with Crippen molar-refractivity contribution in [3.63, 3.8) is 0 Å². The second-order valence-corrected chi connectivity index (χ2v) is 19.5. The van der Waals surface area contributed by atoms with Crippen LogP contribution < -0.4 is 32.3 Å². The van der Waals surface area contributed by atoms with Crippen molar-refractivity contribution in [2.45, 2.75) is 147 Å². The average molecular weight is 818 g/mol. The zero-order valence-electron chi connectivity index (χ0n) is 36.9. The summed E-state index contributed by atoms with van der Waals surface area (Å²) in [6.07, 6.45) is 21.6. The van der Waals surface area contributed by atoms with Gasteiger partial charge >= 0.3 is 5.97 Å². The van der Waals surface area contributed by atoms with E-state index in [0.717, 1.165) is 95.7 Å². The Morgan fingerprint density at radius 2 is 1.88 bits per heavy atom. The summed E-state index contributed by atoms with van der Waals surface area (Å²) >= 11 is 0. The molecule has 59 heavy (non-hydrogen) atoms. The summed E-state index contributed by atoms with van der Waals surface area (Å²) in [5, 5.41) is 17.7. The van der Waals surface area contributed by atoms with Crippen LogP contribution in [0, 0.1) is 46.8 Å². The van der Waals surface area contributed by atoms with Crippen molar-refractivity contribution >= 4 is 23.5 Å². The number of esters is 1. The molecule has 7 aliphatic rings. The first-order valence-corrected chi connectivity index (χ1v) is 23.3. The van der Waals surface area contributed by atoms with Gasteiger partial charge in [-0.3, -0.25) is 19.9 Å². The lowest BCUT2D eigenvalue weighted by Crippen LogP contribution is -2.60. The van der Waals surface area contributed by atoms with Crippen molar-refractivity contribution in [1.29, 1.82) is 0 Å². The van der Waals surface area contributed by atoms with E-state index in [-0.39, 0.29) is 60.1 Å². The predicted molar refractivity (Wildman–Crippen MR) is 232 cm³/mol. The van der Waals surface area contributed by atoms with E-state index in [1.165, 1.54) is 5.57 Å². The summed E-state index contributed by atoms with van der Waals surface area (Å²) in [5.74, 6) is -0.289. The molecule has 7 rings (SSSR count). The largest absolute Gasteiger partial charge is 0.463 e. The Labute approximate surface area is 353 Å². The predicted octanol–water partition coefficient (Wildman–Crippen LogP) is 5.05. The molecule has 0 radical (unpaired) electrons. The minimum atomic E-state index is -1.91. The smallest absolute Gasteiger partial charge is 0.350 e. The molecule has 0 aromatic carbocycles. The van der Waals surface area contributed by atoms with Gasteiger partial charge in [-0.15, -0.1) is 0 Å². The van der Waals surface area contributed by atoms with E-state index in [9.17, 15) is 4.79 Å². The quantitative estimate of drug-likeness (QED) is 0.0234. The highest BCUT2D eigenvalue weighted by molar-refractivity contribution is 6.23. The number of fused-ring (bicyclic) bond motifs is 3. The highest BCUT2D eigenvalue weighted by Crippen LogP contribution is 2.63. The monoisotopic (exact) mass is 818 g/mol. The van der Waals surface area contributed by atoms with Crippen LogP contribution in [0.25, 0.3) is 0 Å². The van der Waals surface area contributed by atoms with Crippen LogP contribution in [0.4, 0.5) is 0 Å². The zero-order valence-corrected chi connectivity index (χ0v) is 36.9. The second-order valence-electron chi connectivity index (χ2n) is 19.5. The number of rotatable bonds is 16. The highest BCUT2D eigenvalue weighted by atomic mass is 16.7. The van der Waals surface area contributed by atoms with Crippen molar-refractivity contribution in [2.24, 2.45) is 57.6 Å². The van der Waals surface area contributed by atoms with Crippen LogP contribution in [-0.4, -0.2) is 93.4 Å². The molecular formula is C47H75N7O5. The molecule has 7 N–H and O–H groups in total. The molecule has 2 aliphatic heterocycles. The molecule has 11 atom stereocenters. The van der Waals surface area contributed by atoms with Crippen molar-refractivity contribution in [3.05, 3.63) is 35.5 Å². The molecule has 0 amide bonds. The standard InChI is InChI=1S/C47H75N7O5/c1-7-51-37-25-32-14-9-8-13-31(32)24-35(37)27-58-43(57)47-42(56)39-33(23-29(2)3)15-12-16-36(39)41(55)46(47,59-47)21-17-30(4)45(19-10-11-20-45)40(54-44(48)50-6)34-18-22-52-38(26-34)53-28-49-5/h9,14,17,25,29,31,33-40,49,51-53H,7-8,10-13,15-16,18-24,26-28H2,1-6H3,(H3,48,50,54). The van der Waals surface area contributed by atoms with Gasteiger partial charge < -0.3 is 36.5 Å². The maximum Gasteiger partial charge on any atom is 0.350 e. The molecule has 11 unspecified atom stereocenters. The Balaban J connectivity index is 1.20. The number of guanidine groups is 1. The van der Waals surface area contributed by atoms with Gasteiger partial charge in [0.25, 0.3) is 5.60 Å². The molecule has 5 aliphatic carbocycles.